The first-order chi connectivity index (χ1) is 16.3. The summed E-state index contributed by atoms with van der Waals surface area (Å²) in [5, 5.41) is 6.30. The van der Waals surface area contributed by atoms with Gasteiger partial charge in [0.1, 0.15) is 0 Å². The molecule has 0 aliphatic heterocycles. The van der Waals surface area contributed by atoms with Crippen LogP contribution in [-0.2, 0) is 20.9 Å². The number of ether oxygens (including phenoxy) is 2. The standard InChI is InChI=1S/C26H29N3O5/c1-16(2)13-27-25(31)19-10-6-8-12-21(19)29-23(30)15-34-26(32)24-17(3)18-9-5-7-11-20(18)28-22(24)14-33-4/h5-12,16H,13-15H2,1-4H3,(H,27,31)(H,29,30). The molecule has 8 nitrogen and oxygen atoms in total. The average Bonchev–Trinajstić information content (AvgIpc) is 2.82. The van der Waals surface area contributed by atoms with Crippen LogP contribution >= 0.6 is 0 Å². The number of carbonyl (C=O) groups excluding carboxylic acids is 3. The molecule has 0 saturated carbocycles. The molecule has 0 atom stereocenters. The maximum atomic E-state index is 12.9. The number of methoxy groups -OCH3 is 1. The second-order valence-corrected chi connectivity index (χ2v) is 8.28. The lowest BCUT2D eigenvalue weighted by atomic mass is 10.0. The number of aromatic nitrogens is 1. The molecule has 1 heterocycles. The Bertz CT molecular complexity index is 1210. The zero-order valence-corrected chi connectivity index (χ0v) is 19.8. The molecule has 0 aliphatic rings. The van der Waals surface area contributed by atoms with Crippen LogP contribution in [0.3, 0.4) is 0 Å². The van der Waals surface area contributed by atoms with E-state index in [1.165, 1.54) is 7.11 Å². The smallest absolute Gasteiger partial charge is 0.340 e. The molecular weight excluding hydrogens is 434 g/mol. The third-order valence-electron chi connectivity index (χ3n) is 5.16. The molecule has 0 saturated heterocycles. The van der Waals surface area contributed by atoms with E-state index in [0.29, 0.717) is 35.0 Å². The van der Waals surface area contributed by atoms with Crippen LogP contribution in [0.25, 0.3) is 10.9 Å². The number of amides is 2. The number of para-hydroxylation sites is 2. The second-order valence-electron chi connectivity index (χ2n) is 8.28. The molecule has 2 amide bonds. The summed E-state index contributed by atoms with van der Waals surface area (Å²) in [5.41, 5.74) is 2.84. The molecule has 178 valence electrons. The van der Waals surface area contributed by atoms with Gasteiger partial charge in [0.15, 0.2) is 6.61 Å². The van der Waals surface area contributed by atoms with Crippen molar-refractivity contribution in [1.82, 2.24) is 10.3 Å². The molecule has 0 radical (unpaired) electrons. The summed E-state index contributed by atoms with van der Waals surface area (Å²) in [6, 6.07) is 14.1. The minimum Gasteiger partial charge on any atom is -0.452 e. The van der Waals surface area contributed by atoms with Gasteiger partial charge in [-0.15, -0.1) is 0 Å². The Morgan fingerprint density at radius 3 is 2.47 bits per heavy atom. The first-order valence-electron chi connectivity index (χ1n) is 11.0. The van der Waals surface area contributed by atoms with E-state index in [-0.39, 0.29) is 18.1 Å². The third-order valence-corrected chi connectivity index (χ3v) is 5.16. The topological polar surface area (TPSA) is 107 Å². The molecule has 2 N–H and O–H groups in total. The number of hydrogen-bond acceptors (Lipinski definition) is 6. The van der Waals surface area contributed by atoms with E-state index in [9.17, 15) is 14.4 Å². The minimum absolute atomic E-state index is 0.126. The highest BCUT2D eigenvalue weighted by Gasteiger charge is 2.21. The number of aryl methyl sites for hydroxylation is 1. The SMILES string of the molecule is COCc1nc2ccccc2c(C)c1C(=O)OCC(=O)Nc1ccccc1C(=O)NCC(C)C. The first kappa shape index (κ1) is 24.9. The Labute approximate surface area is 198 Å². The molecule has 0 spiro atoms. The molecule has 0 fully saturated rings. The van der Waals surface area contributed by atoms with E-state index in [1.807, 2.05) is 45.0 Å². The van der Waals surface area contributed by atoms with Crippen LogP contribution in [0.5, 0.6) is 0 Å². The van der Waals surface area contributed by atoms with Gasteiger partial charge in [-0.2, -0.15) is 0 Å². The van der Waals surface area contributed by atoms with Gasteiger partial charge in [0.25, 0.3) is 11.8 Å². The molecule has 2 aromatic carbocycles. The van der Waals surface area contributed by atoms with Gasteiger partial charge in [0.2, 0.25) is 0 Å². The fraction of sp³-hybridized carbons (Fsp3) is 0.308. The fourth-order valence-electron chi connectivity index (χ4n) is 3.52. The lowest BCUT2D eigenvalue weighted by Gasteiger charge is -2.15. The normalized spacial score (nSPS) is 10.9. The van der Waals surface area contributed by atoms with Gasteiger partial charge in [-0.1, -0.05) is 44.2 Å². The quantitative estimate of drug-likeness (QED) is 0.467. The molecule has 1 aromatic heterocycles. The highest BCUT2D eigenvalue weighted by Crippen LogP contribution is 2.24. The summed E-state index contributed by atoms with van der Waals surface area (Å²) in [4.78, 5) is 42.5. The van der Waals surface area contributed by atoms with Crippen LogP contribution < -0.4 is 10.6 Å². The van der Waals surface area contributed by atoms with Crippen LogP contribution in [0.1, 0.15) is 45.8 Å². The summed E-state index contributed by atoms with van der Waals surface area (Å²) in [7, 11) is 1.52. The number of esters is 1. The third kappa shape index (κ3) is 5.96. The molecule has 8 heteroatoms. The van der Waals surface area contributed by atoms with Crippen molar-refractivity contribution in [3.63, 3.8) is 0 Å². The molecule has 0 aliphatic carbocycles. The highest BCUT2D eigenvalue weighted by atomic mass is 16.5. The van der Waals surface area contributed by atoms with Crippen molar-refractivity contribution >= 4 is 34.4 Å². The van der Waals surface area contributed by atoms with Crippen LogP contribution in [0.15, 0.2) is 48.5 Å². The summed E-state index contributed by atoms with van der Waals surface area (Å²) < 4.78 is 10.5. The van der Waals surface area contributed by atoms with E-state index in [1.54, 1.807) is 24.3 Å². The molecule has 34 heavy (non-hydrogen) atoms. The van der Waals surface area contributed by atoms with Gasteiger partial charge >= 0.3 is 5.97 Å². The van der Waals surface area contributed by atoms with E-state index in [4.69, 9.17) is 9.47 Å². The van der Waals surface area contributed by atoms with Crippen molar-refractivity contribution in [3.05, 3.63) is 70.9 Å². The number of hydrogen-bond donors (Lipinski definition) is 2. The lowest BCUT2D eigenvalue weighted by molar-refractivity contribution is -0.119. The predicted molar refractivity (Wildman–Crippen MR) is 130 cm³/mol. The Morgan fingerprint density at radius 1 is 1.03 bits per heavy atom. The Balaban J connectivity index is 1.72. The zero-order chi connectivity index (χ0) is 24.7. The minimum atomic E-state index is -0.666. The van der Waals surface area contributed by atoms with E-state index in [0.717, 1.165) is 10.9 Å². The van der Waals surface area contributed by atoms with Crippen LogP contribution in [0.2, 0.25) is 0 Å². The van der Waals surface area contributed by atoms with Crippen LogP contribution in [0.4, 0.5) is 5.69 Å². The maximum Gasteiger partial charge on any atom is 0.340 e. The predicted octanol–water partition coefficient (Wildman–Crippen LogP) is 3.87. The number of carbonyl (C=O) groups is 3. The lowest BCUT2D eigenvalue weighted by Crippen LogP contribution is -2.29. The van der Waals surface area contributed by atoms with Crippen molar-refractivity contribution in [3.8, 4) is 0 Å². The van der Waals surface area contributed by atoms with Gasteiger partial charge in [0.05, 0.1) is 34.6 Å². The Morgan fingerprint density at radius 2 is 1.74 bits per heavy atom. The fourth-order valence-corrected chi connectivity index (χ4v) is 3.52. The highest BCUT2D eigenvalue weighted by molar-refractivity contribution is 6.05. The summed E-state index contributed by atoms with van der Waals surface area (Å²) >= 11 is 0. The van der Waals surface area contributed by atoms with Crippen molar-refractivity contribution < 1.29 is 23.9 Å². The van der Waals surface area contributed by atoms with Gasteiger partial charge in [0, 0.05) is 19.0 Å². The number of anilines is 1. The maximum absolute atomic E-state index is 12.9. The Kier molecular flexibility index (Phi) is 8.32. The number of rotatable bonds is 9. The number of pyridine rings is 1. The number of nitrogens with zero attached hydrogens (tertiary/aromatic N) is 1. The summed E-state index contributed by atoms with van der Waals surface area (Å²) in [5.74, 6) is -1.22. The van der Waals surface area contributed by atoms with Crippen molar-refractivity contribution in [2.24, 2.45) is 5.92 Å². The number of nitrogens with one attached hydrogen (secondary N) is 2. The van der Waals surface area contributed by atoms with Crippen LogP contribution in [-0.4, -0.2) is 43.0 Å². The zero-order valence-electron chi connectivity index (χ0n) is 19.8. The monoisotopic (exact) mass is 463 g/mol. The summed E-state index contributed by atoms with van der Waals surface area (Å²) in [6.45, 7) is 5.93. The molecule has 0 unspecified atom stereocenters. The van der Waals surface area contributed by atoms with E-state index in [2.05, 4.69) is 15.6 Å². The largest absolute Gasteiger partial charge is 0.452 e. The molecular formula is C26H29N3O5. The van der Waals surface area contributed by atoms with Gasteiger partial charge < -0.3 is 20.1 Å². The number of fused-ring (bicyclic) bond motifs is 1. The number of benzene rings is 2. The van der Waals surface area contributed by atoms with Crippen molar-refractivity contribution in [1.29, 1.82) is 0 Å². The van der Waals surface area contributed by atoms with Gasteiger partial charge in [-0.25, -0.2) is 9.78 Å². The second kappa shape index (κ2) is 11.4. The Hall–Kier alpha value is -3.78. The van der Waals surface area contributed by atoms with E-state index >= 15 is 0 Å². The molecule has 3 aromatic rings. The van der Waals surface area contributed by atoms with Crippen LogP contribution in [0, 0.1) is 12.8 Å². The van der Waals surface area contributed by atoms with Gasteiger partial charge in [-0.3, -0.25) is 9.59 Å². The molecule has 0 bridgehead atoms. The van der Waals surface area contributed by atoms with Gasteiger partial charge in [-0.05, 0) is 36.6 Å². The molecule has 3 rings (SSSR count). The average molecular weight is 464 g/mol. The van der Waals surface area contributed by atoms with E-state index < -0.39 is 18.5 Å². The van der Waals surface area contributed by atoms with Crippen molar-refractivity contribution in [2.75, 3.05) is 25.6 Å². The summed E-state index contributed by atoms with van der Waals surface area (Å²) in [6.07, 6.45) is 0. The first-order valence-corrected chi connectivity index (χ1v) is 11.0. The van der Waals surface area contributed by atoms with Crippen molar-refractivity contribution in [2.45, 2.75) is 27.4 Å².